The highest BCUT2D eigenvalue weighted by Crippen LogP contribution is 2.45. The van der Waals surface area contributed by atoms with Crippen LogP contribution in [-0.2, 0) is 0 Å². The largest absolute Gasteiger partial charge is 0.330 e. The lowest BCUT2D eigenvalue weighted by atomic mass is 9.69. The molecule has 2 N–H and O–H groups in total. The molecule has 0 bridgehead atoms. The van der Waals surface area contributed by atoms with Gasteiger partial charge in [0.1, 0.15) is 0 Å². The normalized spacial score (nSPS) is 26.9. The molecule has 1 aromatic carbocycles. The van der Waals surface area contributed by atoms with Crippen molar-refractivity contribution in [3.63, 3.8) is 0 Å². The first-order valence-corrected chi connectivity index (χ1v) is 9.13. The van der Waals surface area contributed by atoms with Crippen LogP contribution in [0.15, 0.2) is 23.1 Å². The molecule has 1 nitrogen and oxygen atoms in total. The van der Waals surface area contributed by atoms with Crippen LogP contribution in [0.1, 0.15) is 51.2 Å². The van der Waals surface area contributed by atoms with Gasteiger partial charge in [-0.05, 0) is 68.5 Å². The predicted molar refractivity (Wildman–Crippen MR) is 94.9 cm³/mol. The van der Waals surface area contributed by atoms with Crippen molar-refractivity contribution in [2.24, 2.45) is 23.0 Å². The number of aryl methyl sites for hydroxylation is 2. The summed E-state index contributed by atoms with van der Waals surface area (Å²) in [5.41, 5.74) is 9.23. The lowest BCUT2D eigenvalue weighted by molar-refractivity contribution is 0.157. The van der Waals surface area contributed by atoms with Crippen LogP contribution in [0.4, 0.5) is 0 Å². The number of benzene rings is 1. The Hall–Kier alpha value is -0.470. The molecule has 0 heterocycles. The first-order chi connectivity index (χ1) is 9.81. The molecule has 1 aromatic rings. The molecule has 0 amide bonds. The SMILES string of the molecule is Cc1ccc(SC2CC(C(C)(C)C)CCC2CN)c(C)c1. The molecule has 0 aliphatic heterocycles. The highest BCUT2D eigenvalue weighted by atomic mass is 32.2. The van der Waals surface area contributed by atoms with Gasteiger partial charge in [0.15, 0.2) is 0 Å². The summed E-state index contributed by atoms with van der Waals surface area (Å²) >= 11 is 2.07. The highest BCUT2D eigenvalue weighted by Gasteiger charge is 2.35. The van der Waals surface area contributed by atoms with Crippen molar-refractivity contribution in [3.05, 3.63) is 29.3 Å². The number of thioether (sulfide) groups is 1. The second-order valence-corrected chi connectivity index (χ2v) is 9.08. The standard InChI is InChI=1S/C19H31NS/c1-13-6-9-17(14(2)10-13)21-18-11-16(19(3,4)5)8-7-15(18)12-20/h6,9-10,15-16,18H,7-8,11-12,20H2,1-5H3. The molecule has 1 saturated carbocycles. The minimum absolute atomic E-state index is 0.417. The Kier molecular flexibility index (Phi) is 5.43. The molecule has 1 aliphatic carbocycles. The number of nitrogens with two attached hydrogens (primary N) is 1. The van der Waals surface area contributed by atoms with Crippen molar-refractivity contribution in [3.8, 4) is 0 Å². The van der Waals surface area contributed by atoms with E-state index in [1.54, 1.807) is 0 Å². The Bertz CT molecular complexity index is 475. The van der Waals surface area contributed by atoms with Crippen LogP contribution in [0.5, 0.6) is 0 Å². The Morgan fingerprint density at radius 1 is 1.19 bits per heavy atom. The zero-order valence-electron chi connectivity index (χ0n) is 14.3. The van der Waals surface area contributed by atoms with Gasteiger partial charge in [-0.25, -0.2) is 0 Å². The molecule has 0 radical (unpaired) electrons. The lowest BCUT2D eigenvalue weighted by Crippen LogP contribution is -2.36. The minimum atomic E-state index is 0.417. The molecule has 118 valence electrons. The van der Waals surface area contributed by atoms with Crippen LogP contribution < -0.4 is 5.73 Å². The summed E-state index contributed by atoms with van der Waals surface area (Å²) < 4.78 is 0. The van der Waals surface area contributed by atoms with Crippen LogP contribution >= 0.6 is 11.8 Å². The summed E-state index contributed by atoms with van der Waals surface area (Å²) in [6, 6.07) is 6.82. The maximum Gasteiger partial charge on any atom is 0.0138 e. The molecule has 0 spiro atoms. The summed E-state index contributed by atoms with van der Waals surface area (Å²) in [5, 5.41) is 0.675. The zero-order valence-corrected chi connectivity index (χ0v) is 15.1. The van der Waals surface area contributed by atoms with Gasteiger partial charge >= 0.3 is 0 Å². The monoisotopic (exact) mass is 305 g/mol. The van der Waals surface area contributed by atoms with E-state index in [4.69, 9.17) is 5.73 Å². The average molecular weight is 306 g/mol. The second-order valence-electron chi connectivity index (χ2n) is 7.80. The van der Waals surface area contributed by atoms with Gasteiger partial charge in [-0.3, -0.25) is 0 Å². The van der Waals surface area contributed by atoms with Crippen LogP contribution in [0.2, 0.25) is 0 Å². The summed E-state index contributed by atoms with van der Waals surface area (Å²) in [4.78, 5) is 1.44. The van der Waals surface area contributed by atoms with Crippen molar-refractivity contribution in [1.82, 2.24) is 0 Å². The van der Waals surface area contributed by atoms with Crippen molar-refractivity contribution >= 4 is 11.8 Å². The summed E-state index contributed by atoms with van der Waals surface area (Å²) in [5.74, 6) is 1.50. The summed E-state index contributed by atoms with van der Waals surface area (Å²) in [6.07, 6.45) is 3.94. The molecule has 0 aromatic heterocycles. The van der Waals surface area contributed by atoms with Crippen molar-refractivity contribution in [2.45, 2.75) is 64.0 Å². The van der Waals surface area contributed by atoms with Gasteiger partial charge in [-0.2, -0.15) is 0 Å². The van der Waals surface area contributed by atoms with E-state index in [-0.39, 0.29) is 0 Å². The first kappa shape index (κ1) is 16.9. The Morgan fingerprint density at radius 3 is 2.48 bits per heavy atom. The Labute approximate surface area is 135 Å². The molecule has 0 saturated heterocycles. The molecule has 1 fully saturated rings. The van der Waals surface area contributed by atoms with Crippen molar-refractivity contribution in [1.29, 1.82) is 0 Å². The molecule has 1 aliphatic rings. The molecule has 3 atom stereocenters. The third-order valence-electron chi connectivity index (χ3n) is 5.06. The quantitative estimate of drug-likeness (QED) is 0.832. The van der Waals surface area contributed by atoms with Crippen LogP contribution in [0.25, 0.3) is 0 Å². The summed E-state index contributed by atoms with van der Waals surface area (Å²) in [6.45, 7) is 12.4. The fraction of sp³-hybridized carbons (Fsp3) is 0.684. The highest BCUT2D eigenvalue weighted by molar-refractivity contribution is 8.00. The van der Waals surface area contributed by atoms with Crippen LogP contribution in [-0.4, -0.2) is 11.8 Å². The van der Waals surface area contributed by atoms with E-state index < -0.39 is 0 Å². The second kappa shape index (κ2) is 6.75. The topological polar surface area (TPSA) is 26.0 Å². The van der Waals surface area contributed by atoms with Gasteiger partial charge in [-0.1, -0.05) is 38.5 Å². The average Bonchev–Trinajstić information content (AvgIpc) is 2.41. The van der Waals surface area contributed by atoms with Crippen LogP contribution in [0.3, 0.4) is 0 Å². The van der Waals surface area contributed by atoms with Crippen molar-refractivity contribution < 1.29 is 0 Å². The van der Waals surface area contributed by atoms with Gasteiger partial charge in [0.2, 0.25) is 0 Å². The zero-order chi connectivity index (χ0) is 15.6. The van der Waals surface area contributed by atoms with Crippen LogP contribution in [0, 0.1) is 31.1 Å². The van der Waals surface area contributed by atoms with E-state index in [0.29, 0.717) is 16.6 Å². The van der Waals surface area contributed by atoms with E-state index in [1.807, 2.05) is 0 Å². The third-order valence-corrected chi connectivity index (χ3v) is 6.66. The number of hydrogen-bond acceptors (Lipinski definition) is 2. The molecular formula is C19H31NS. The lowest BCUT2D eigenvalue weighted by Gasteiger charge is -2.41. The first-order valence-electron chi connectivity index (χ1n) is 8.25. The number of hydrogen-bond donors (Lipinski definition) is 1. The molecule has 2 rings (SSSR count). The predicted octanol–water partition coefficient (Wildman–Crippen LogP) is 5.19. The fourth-order valence-corrected chi connectivity index (χ4v) is 4.97. The van der Waals surface area contributed by atoms with Gasteiger partial charge in [0, 0.05) is 10.1 Å². The maximum absolute atomic E-state index is 6.05. The molecule has 2 heteroatoms. The van der Waals surface area contributed by atoms with E-state index in [1.165, 1.54) is 35.3 Å². The maximum atomic E-state index is 6.05. The van der Waals surface area contributed by atoms with Gasteiger partial charge in [0.05, 0.1) is 0 Å². The summed E-state index contributed by atoms with van der Waals surface area (Å²) in [7, 11) is 0. The molecular weight excluding hydrogens is 274 g/mol. The van der Waals surface area contributed by atoms with E-state index in [2.05, 4.69) is 64.6 Å². The molecule has 3 unspecified atom stereocenters. The fourth-order valence-electron chi connectivity index (χ4n) is 3.49. The van der Waals surface area contributed by atoms with Crippen molar-refractivity contribution in [2.75, 3.05) is 6.54 Å². The van der Waals surface area contributed by atoms with E-state index in [9.17, 15) is 0 Å². The van der Waals surface area contributed by atoms with E-state index in [0.717, 1.165) is 12.5 Å². The smallest absolute Gasteiger partial charge is 0.0138 e. The third kappa shape index (κ3) is 4.26. The minimum Gasteiger partial charge on any atom is -0.330 e. The van der Waals surface area contributed by atoms with E-state index >= 15 is 0 Å². The Morgan fingerprint density at radius 2 is 1.90 bits per heavy atom. The van der Waals surface area contributed by atoms with Gasteiger partial charge in [-0.15, -0.1) is 11.8 Å². The van der Waals surface area contributed by atoms with Gasteiger partial charge < -0.3 is 5.73 Å². The Balaban J connectivity index is 2.14. The van der Waals surface area contributed by atoms with Gasteiger partial charge in [0.25, 0.3) is 0 Å². The molecule has 21 heavy (non-hydrogen) atoms. The number of rotatable bonds is 3.